The largest absolute Gasteiger partial charge is 0.355 e. The van der Waals surface area contributed by atoms with Crippen LogP contribution < -0.4 is 9.62 Å². The van der Waals surface area contributed by atoms with E-state index in [1.807, 2.05) is 30.3 Å². The fourth-order valence-corrected chi connectivity index (χ4v) is 5.23. The molecular formula is C28H32ClFN4O4S. The van der Waals surface area contributed by atoms with Gasteiger partial charge < -0.3 is 10.2 Å². The minimum atomic E-state index is -4.16. The van der Waals surface area contributed by atoms with Crippen molar-refractivity contribution in [2.24, 2.45) is 0 Å². The molecule has 0 saturated heterocycles. The topological polar surface area (TPSA) is 90.0 Å². The molecule has 3 aromatic rings. The van der Waals surface area contributed by atoms with Gasteiger partial charge in [-0.05, 0) is 48.4 Å². The van der Waals surface area contributed by atoms with Gasteiger partial charge in [-0.2, -0.15) is 12.7 Å². The molecule has 11 heteroatoms. The van der Waals surface area contributed by atoms with Crippen molar-refractivity contribution in [2.45, 2.75) is 25.9 Å². The highest BCUT2D eigenvalue weighted by atomic mass is 35.5. The number of rotatable bonds is 12. The molecule has 8 nitrogen and oxygen atoms in total. The Bertz CT molecular complexity index is 1370. The molecule has 0 aliphatic carbocycles. The first-order valence-electron chi connectivity index (χ1n) is 12.3. The van der Waals surface area contributed by atoms with E-state index < -0.39 is 34.5 Å². The van der Waals surface area contributed by atoms with Gasteiger partial charge in [-0.15, -0.1) is 0 Å². The van der Waals surface area contributed by atoms with E-state index >= 15 is 0 Å². The first kappa shape index (κ1) is 30.1. The molecule has 39 heavy (non-hydrogen) atoms. The Morgan fingerprint density at radius 3 is 2.15 bits per heavy atom. The van der Waals surface area contributed by atoms with Crippen molar-refractivity contribution in [3.05, 3.63) is 101 Å². The summed E-state index contributed by atoms with van der Waals surface area (Å²) in [6.45, 7) is 1.46. The summed E-state index contributed by atoms with van der Waals surface area (Å²) >= 11 is 6.42. The maximum absolute atomic E-state index is 14.0. The first-order valence-corrected chi connectivity index (χ1v) is 14.1. The van der Waals surface area contributed by atoms with Gasteiger partial charge in [-0.3, -0.25) is 9.59 Å². The van der Waals surface area contributed by atoms with Crippen LogP contribution in [0, 0.1) is 5.82 Å². The second-order valence-electron chi connectivity index (χ2n) is 8.99. The van der Waals surface area contributed by atoms with Gasteiger partial charge in [0.05, 0.1) is 5.69 Å². The third kappa shape index (κ3) is 7.78. The van der Waals surface area contributed by atoms with Crippen LogP contribution in [-0.4, -0.2) is 62.7 Å². The van der Waals surface area contributed by atoms with Crippen LogP contribution in [0.3, 0.4) is 0 Å². The molecule has 0 aromatic heterocycles. The van der Waals surface area contributed by atoms with Crippen LogP contribution in [0.4, 0.5) is 10.1 Å². The fraction of sp³-hybridized carbons (Fsp3) is 0.286. The van der Waals surface area contributed by atoms with Crippen LogP contribution in [0.25, 0.3) is 0 Å². The predicted molar refractivity (Wildman–Crippen MR) is 151 cm³/mol. The number of likely N-dealkylation sites (N-methyl/N-ethyl adjacent to an activating group) is 1. The number of amides is 2. The second kappa shape index (κ2) is 13.5. The molecule has 0 radical (unpaired) electrons. The summed E-state index contributed by atoms with van der Waals surface area (Å²) in [6.07, 6.45) is 0.194. The number of nitrogens with zero attached hydrogens (tertiary/aromatic N) is 3. The molecule has 3 rings (SSSR count). The highest BCUT2D eigenvalue weighted by Crippen LogP contribution is 2.24. The monoisotopic (exact) mass is 574 g/mol. The van der Waals surface area contributed by atoms with E-state index in [1.165, 1.54) is 31.1 Å². The Hall–Kier alpha value is -3.47. The van der Waals surface area contributed by atoms with Crippen LogP contribution in [0.5, 0.6) is 0 Å². The lowest BCUT2D eigenvalue weighted by Crippen LogP contribution is -2.54. The zero-order valence-electron chi connectivity index (χ0n) is 22.1. The van der Waals surface area contributed by atoms with Crippen molar-refractivity contribution in [1.82, 2.24) is 14.5 Å². The summed E-state index contributed by atoms with van der Waals surface area (Å²) in [7, 11) is -1.48. The SMILES string of the molecule is CCNC(=O)C(Cc1ccccc1)N(Cc1ccccc1Cl)C(=O)CN(c1ccc(F)cc1)S(=O)(=O)N(C)C. The number of hydrogen-bond donors (Lipinski definition) is 1. The van der Waals surface area contributed by atoms with Crippen LogP contribution in [0.1, 0.15) is 18.1 Å². The summed E-state index contributed by atoms with van der Waals surface area (Å²) in [6, 6.07) is 20.0. The Morgan fingerprint density at radius 2 is 1.56 bits per heavy atom. The summed E-state index contributed by atoms with van der Waals surface area (Å²) < 4.78 is 42.0. The minimum absolute atomic E-state index is 0.0353. The third-order valence-corrected chi connectivity index (χ3v) is 8.24. The van der Waals surface area contributed by atoms with Gasteiger partial charge in [0.2, 0.25) is 11.8 Å². The number of carbonyl (C=O) groups excluding carboxylic acids is 2. The first-order chi connectivity index (χ1) is 18.5. The van der Waals surface area contributed by atoms with Gasteiger partial charge in [0.1, 0.15) is 18.4 Å². The average molecular weight is 575 g/mol. The zero-order valence-corrected chi connectivity index (χ0v) is 23.6. The zero-order chi connectivity index (χ0) is 28.6. The predicted octanol–water partition coefficient (Wildman–Crippen LogP) is 3.87. The molecule has 1 N–H and O–H groups in total. The number of halogens is 2. The Morgan fingerprint density at radius 1 is 0.949 bits per heavy atom. The molecule has 0 fully saturated rings. The van der Waals surface area contributed by atoms with Gasteiger partial charge in [-0.25, -0.2) is 8.70 Å². The van der Waals surface area contributed by atoms with Crippen LogP contribution in [0.2, 0.25) is 5.02 Å². The molecule has 3 aromatic carbocycles. The van der Waals surface area contributed by atoms with E-state index in [0.29, 0.717) is 17.1 Å². The molecule has 1 atom stereocenters. The molecule has 0 aliphatic rings. The standard InChI is InChI=1S/C28H32ClFN4O4S/c1-4-31-28(36)26(18-21-10-6-5-7-11-21)33(19-22-12-8-9-13-25(22)29)27(35)20-34(39(37,38)32(2)3)24-16-14-23(30)15-17-24/h5-17,26H,4,18-20H2,1-3H3,(H,31,36). The van der Waals surface area contributed by atoms with E-state index in [1.54, 1.807) is 31.2 Å². The number of carbonyl (C=O) groups is 2. The number of benzene rings is 3. The lowest BCUT2D eigenvalue weighted by Gasteiger charge is -2.34. The highest BCUT2D eigenvalue weighted by Gasteiger charge is 2.34. The molecule has 0 heterocycles. The quantitative estimate of drug-likeness (QED) is 0.356. The molecular weight excluding hydrogens is 543 g/mol. The highest BCUT2D eigenvalue weighted by molar-refractivity contribution is 7.90. The van der Waals surface area contributed by atoms with Gasteiger partial charge >= 0.3 is 10.2 Å². The molecule has 0 bridgehead atoms. The van der Waals surface area contributed by atoms with Crippen LogP contribution in [0.15, 0.2) is 78.9 Å². The van der Waals surface area contributed by atoms with Crippen molar-refractivity contribution in [3.8, 4) is 0 Å². The maximum atomic E-state index is 14.0. The van der Waals surface area contributed by atoms with Crippen molar-refractivity contribution < 1.29 is 22.4 Å². The summed E-state index contributed by atoms with van der Waals surface area (Å²) in [5.41, 5.74) is 1.52. The second-order valence-corrected chi connectivity index (χ2v) is 11.5. The summed E-state index contributed by atoms with van der Waals surface area (Å²) in [5.74, 6) is -1.56. The molecule has 208 valence electrons. The Kier molecular flexibility index (Phi) is 10.4. The van der Waals surface area contributed by atoms with E-state index in [2.05, 4.69) is 5.32 Å². The molecule has 0 aliphatic heterocycles. The minimum Gasteiger partial charge on any atom is -0.355 e. The Labute approximate surface area is 234 Å². The summed E-state index contributed by atoms with van der Waals surface area (Å²) in [4.78, 5) is 28.7. The smallest absolute Gasteiger partial charge is 0.304 e. The lowest BCUT2D eigenvalue weighted by atomic mass is 10.0. The van der Waals surface area contributed by atoms with Crippen molar-refractivity contribution >= 4 is 39.3 Å². The van der Waals surface area contributed by atoms with Crippen LogP contribution >= 0.6 is 11.6 Å². The van der Waals surface area contributed by atoms with Crippen molar-refractivity contribution in [3.63, 3.8) is 0 Å². The van der Waals surface area contributed by atoms with Crippen molar-refractivity contribution in [2.75, 3.05) is 31.5 Å². The van der Waals surface area contributed by atoms with E-state index in [9.17, 15) is 22.4 Å². The fourth-order valence-electron chi connectivity index (χ4n) is 3.98. The Balaban J connectivity index is 2.08. The lowest BCUT2D eigenvalue weighted by molar-refractivity contribution is -0.140. The third-order valence-electron chi connectivity index (χ3n) is 6.05. The molecule has 0 saturated carbocycles. The number of hydrogen-bond acceptors (Lipinski definition) is 4. The molecule has 0 spiro atoms. The van der Waals surface area contributed by atoms with Gasteiger partial charge in [-0.1, -0.05) is 60.1 Å². The van der Waals surface area contributed by atoms with E-state index in [0.717, 1.165) is 26.3 Å². The average Bonchev–Trinajstić information content (AvgIpc) is 2.91. The van der Waals surface area contributed by atoms with E-state index in [4.69, 9.17) is 11.6 Å². The van der Waals surface area contributed by atoms with Gasteiger partial charge in [0.25, 0.3) is 0 Å². The summed E-state index contributed by atoms with van der Waals surface area (Å²) in [5, 5.41) is 3.20. The van der Waals surface area contributed by atoms with Crippen molar-refractivity contribution in [1.29, 1.82) is 0 Å². The van der Waals surface area contributed by atoms with E-state index in [-0.39, 0.29) is 24.6 Å². The molecule has 1 unspecified atom stereocenters. The number of nitrogens with one attached hydrogen (secondary N) is 1. The number of anilines is 1. The van der Waals surface area contributed by atoms with Gasteiger partial charge in [0.15, 0.2) is 0 Å². The molecule has 2 amide bonds. The maximum Gasteiger partial charge on any atom is 0.304 e. The van der Waals surface area contributed by atoms with Gasteiger partial charge in [0, 0.05) is 38.6 Å². The normalized spacial score (nSPS) is 12.2. The van der Waals surface area contributed by atoms with Crippen LogP contribution in [-0.2, 0) is 32.8 Å².